The van der Waals surface area contributed by atoms with Crippen molar-refractivity contribution in [2.45, 2.75) is 33.6 Å². The lowest BCUT2D eigenvalue weighted by atomic mass is 9.79. The monoisotopic (exact) mass is 199 g/mol. The van der Waals surface area contributed by atoms with Gasteiger partial charge in [0, 0.05) is 19.6 Å². The Kier molecular flexibility index (Phi) is 4.35. The van der Waals surface area contributed by atoms with E-state index >= 15 is 0 Å². The normalized spacial score (nSPS) is 27.9. The van der Waals surface area contributed by atoms with Gasteiger partial charge in [-0.05, 0) is 30.7 Å². The van der Waals surface area contributed by atoms with Crippen molar-refractivity contribution in [1.29, 1.82) is 0 Å². The van der Waals surface area contributed by atoms with Crippen LogP contribution in [0.4, 0.5) is 0 Å². The SMILES string of the molecule is CC1CN(CCCNN)CC(C)(C)C1. The first-order chi connectivity index (χ1) is 6.53. The van der Waals surface area contributed by atoms with Crippen LogP contribution in [0.3, 0.4) is 0 Å². The molecule has 0 spiro atoms. The van der Waals surface area contributed by atoms with Gasteiger partial charge in [-0.1, -0.05) is 20.8 Å². The van der Waals surface area contributed by atoms with E-state index < -0.39 is 0 Å². The molecule has 84 valence electrons. The van der Waals surface area contributed by atoms with Gasteiger partial charge in [0.2, 0.25) is 0 Å². The Balaban J connectivity index is 2.30. The summed E-state index contributed by atoms with van der Waals surface area (Å²) in [6, 6.07) is 0. The summed E-state index contributed by atoms with van der Waals surface area (Å²) in [6.45, 7) is 11.7. The summed E-state index contributed by atoms with van der Waals surface area (Å²) in [6.07, 6.45) is 2.51. The number of hydrogen-bond acceptors (Lipinski definition) is 3. The number of rotatable bonds is 4. The lowest BCUT2D eigenvalue weighted by Crippen LogP contribution is -2.44. The van der Waals surface area contributed by atoms with Crippen LogP contribution in [0.5, 0.6) is 0 Å². The quantitative estimate of drug-likeness (QED) is 0.406. The van der Waals surface area contributed by atoms with E-state index in [1.807, 2.05) is 0 Å². The highest BCUT2D eigenvalue weighted by Gasteiger charge is 2.29. The Bertz CT molecular complexity index is 168. The van der Waals surface area contributed by atoms with Gasteiger partial charge in [0.1, 0.15) is 0 Å². The number of likely N-dealkylation sites (tertiary alicyclic amines) is 1. The molecule has 3 heteroatoms. The maximum Gasteiger partial charge on any atom is 0.0110 e. The Morgan fingerprint density at radius 1 is 1.50 bits per heavy atom. The van der Waals surface area contributed by atoms with Crippen molar-refractivity contribution in [3.63, 3.8) is 0 Å². The number of nitrogens with two attached hydrogens (primary N) is 1. The van der Waals surface area contributed by atoms with Crippen LogP contribution < -0.4 is 11.3 Å². The third kappa shape index (κ3) is 3.95. The molecule has 0 aliphatic carbocycles. The second-order valence-corrected chi connectivity index (χ2v) is 5.52. The molecule has 14 heavy (non-hydrogen) atoms. The van der Waals surface area contributed by atoms with E-state index in [4.69, 9.17) is 5.84 Å². The van der Waals surface area contributed by atoms with Crippen LogP contribution in [-0.4, -0.2) is 31.1 Å². The third-order valence-corrected chi connectivity index (χ3v) is 2.92. The average molecular weight is 199 g/mol. The molecular formula is C11H25N3. The molecule has 0 saturated carbocycles. The van der Waals surface area contributed by atoms with Gasteiger partial charge in [-0.25, -0.2) is 0 Å². The average Bonchev–Trinajstić information content (AvgIpc) is 2.00. The lowest BCUT2D eigenvalue weighted by molar-refractivity contribution is 0.0791. The van der Waals surface area contributed by atoms with Crippen molar-refractivity contribution in [2.24, 2.45) is 17.2 Å². The molecule has 0 bridgehead atoms. The molecule has 0 aromatic heterocycles. The fourth-order valence-electron chi connectivity index (χ4n) is 2.76. The fraction of sp³-hybridized carbons (Fsp3) is 1.00. The molecule has 1 fully saturated rings. The van der Waals surface area contributed by atoms with E-state index in [1.165, 1.54) is 26.1 Å². The fourth-order valence-corrected chi connectivity index (χ4v) is 2.76. The molecule has 1 unspecified atom stereocenters. The molecule has 0 radical (unpaired) electrons. The van der Waals surface area contributed by atoms with Crippen LogP contribution in [0.15, 0.2) is 0 Å². The van der Waals surface area contributed by atoms with E-state index in [0.29, 0.717) is 5.41 Å². The van der Waals surface area contributed by atoms with E-state index in [0.717, 1.165) is 18.9 Å². The van der Waals surface area contributed by atoms with E-state index in [9.17, 15) is 0 Å². The summed E-state index contributed by atoms with van der Waals surface area (Å²) in [4.78, 5) is 2.57. The molecular weight excluding hydrogens is 174 g/mol. The molecule has 1 atom stereocenters. The lowest BCUT2D eigenvalue weighted by Gasteiger charge is -2.41. The van der Waals surface area contributed by atoms with Crippen molar-refractivity contribution < 1.29 is 0 Å². The molecule has 0 amide bonds. The Labute approximate surface area is 88.0 Å². The van der Waals surface area contributed by atoms with Crippen LogP contribution in [-0.2, 0) is 0 Å². The van der Waals surface area contributed by atoms with Gasteiger partial charge < -0.3 is 4.90 Å². The number of hydrogen-bond donors (Lipinski definition) is 2. The minimum atomic E-state index is 0.494. The predicted molar refractivity (Wildman–Crippen MR) is 60.8 cm³/mol. The van der Waals surface area contributed by atoms with Crippen molar-refractivity contribution in [1.82, 2.24) is 10.3 Å². The van der Waals surface area contributed by atoms with E-state index in [2.05, 4.69) is 31.1 Å². The van der Waals surface area contributed by atoms with Crippen LogP contribution in [0.2, 0.25) is 0 Å². The van der Waals surface area contributed by atoms with Gasteiger partial charge in [0.25, 0.3) is 0 Å². The van der Waals surface area contributed by atoms with E-state index in [-0.39, 0.29) is 0 Å². The van der Waals surface area contributed by atoms with Gasteiger partial charge in [0.05, 0.1) is 0 Å². The zero-order valence-electron chi connectivity index (χ0n) is 9.84. The van der Waals surface area contributed by atoms with Gasteiger partial charge in [0.15, 0.2) is 0 Å². The maximum atomic E-state index is 5.26. The smallest absolute Gasteiger partial charge is 0.0110 e. The minimum Gasteiger partial charge on any atom is -0.302 e. The zero-order chi connectivity index (χ0) is 10.6. The molecule has 1 saturated heterocycles. The summed E-state index contributed by atoms with van der Waals surface area (Å²) < 4.78 is 0. The van der Waals surface area contributed by atoms with Crippen LogP contribution in [0, 0.1) is 11.3 Å². The van der Waals surface area contributed by atoms with Crippen molar-refractivity contribution >= 4 is 0 Å². The molecule has 3 nitrogen and oxygen atoms in total. The summed E-state index contributed by atoms with van der Waals surface area (Å²) >= 11 is 0. The molecule has 3 N–H and O–H groups in total. The number of piperidine rings is 1. The third-order valence-electron chi connectivity index (χ3n) is 2.92. The Hall–Kier alpha value is -0.120. The number of nitrogens with one attached hydrogen (secondary N) is 1. The first-order valence-corrected chi connectivity index (χ1v) is 5.69. The molecule has 1 aliphatic heterocycles. The van der Waals surface area contributed by atoms with Gasteiger partial charge in [-0.3, -0.25) is 11.3 Å². The second kappa shape index (κ2) is 5.10. The largest absolute Gasteiger partial charge is 0.302 e. The molecule has 1 heterocycles. The molecule has 0 aromatic carbocycles. The maximum absolute atomic E-state index is 5.26. The first-order valence-electron chi connectivity index (χ1n) is 5.69. The van der Waals surface area contributed by atoms with Gasteiger partial charge in [-0.15, -0.1) is 0 Å². The molecule has 1 rings (SSSR count). The van der Waals surface area contributed by atoms with Crippen LogP contribution in [0.1, 0.15) is 33.6 Å². The van der Waals surface area contributed by atoms with Crippen LogP contribution in [0.25, 0.3) is 0 Å². The zero-order valence-corrected chi connectivity index (χ0v) is 9.84. The second-order valence-electron chi connectivity index (χ2n) is 5.52. The standard InChI is InChI=1S/C11H25N3/c1-10-7-11(2,3)9-14(8-10)6-4-5-13-12/h10,13H,4-9,12H2,1-3H3. The van der Waals surface area contributed by atoms with Crippen molar-refractivity contribution in [2.75, 3.05) is 26.2 Å². The van der Waals surface area contributed by atoms with Crippen LogP contribution >= 0.6 is 0 Å². The highest BCUT2D eigenvalue weighted by Crippen LogP contribution is 2.31. The van der Waals surface area contributed by atoms with Crippen molar-refractivity contribution in [3.8, 4) is 0 Å². The summed E-state index contributed by atoms with van der Waals surface area (Å²) in [5, 5.41) is 0. The van der Waals surface area contributed by atoms with Crippen molar-refractivity contribution in [3.05, 3.63) is 0 Å². The highest BCUT2D eigenvalue weighted by molar-refractivity contribution is 4.83. The predicted octanol–water partition coefficient (Wildman–Crippen LogP) is 1.21. The van der Waals surface area contributed by atoms with Gasteiger partial charge >= 0.3 is 0 Å². The Morgan fingerprint density at radius 3 is 2.79 bits per heavy atom. The minimum absolute atomic E-state index is 0.494. The summed E-state index contributed by atoms with van der Waals surface area (Å²) in [5.41, 5.74) is 3.21. The van der Waals surface area contributed by atoms with E-state index in [1.54, 1.807) is 0 Å². The molecule has 0 aromatic rings. The van der Waals surface area contributed by atoms with Gasteiger partial charge in [-0.2, -0.15) is 0 Å². The number of hydrazine groups is 1. The first kappa shape index (κ1) is 12.0. The summed E-state index contributed by atoms with van der Waals surface area (Å²) in [7, 11) is 0. The highest BCUT2D eigenvalue weighted by atomic mass is 15.2. The summed E-state index contributed by atoms with van der Waals surface area (Å²) in [5.74, 6) is 6.09. The molecule has 1 aliphatic rings. The number of nitrogens with zero attached hydrogens (tertiary/aromatic N) is 1. The topological polar surface area (TPSA) is 41.3 Å². The Morgan fingerprint density at radius 2 is 2.21 bits per heavy atom.